The second kappa shape index (κ2) is 10.8. The van der Waals surface area contributed by atoms with Crippen LogP contribution < -0.4 is 14.8 Å². The lowest BCUT2D eigenvalue weighted by atomic mass is 9.93. The van der Waals surface area contributed by atoms with Gasteiger partial charge in [0.25, 0.3) is 0 Å². The number of carbonyl (C=O) groups excluding carboxylic acids is 2. The van der Waals surface area contributed by atoms with Crippen LogP contribution in [0.4, 0.5) is 4.39 Å². The molecule has 1 aromatic rings. The summed E-state index contributed by atoms with van der Waals surface area (Å²) in [4.78, 5) is 22.8. The number of rotatable bonds is 11. The monoisotopic (exact) mass is 420 g/mol. The Morgan fingerprint density at radius 3 is 2.93 bits per heavy atom. The van der Waals surface area contributed by atoms with Gasteiger partial charge in [-0.25, -0.2) is 4.39 Å². The molecule has 0 bridgehead atoms. The number of unbranched alkanes of at least 4 members (excludes halogenated alkanes) is 1. The summed E-state index contributed by atoms with van der Waals surface area (Å²) in [6.07, 6.45) is 8.13. The van der Waals surface area contributed by atoms with E-state index in [4.69, 9.17) is 4.74 Å². The summed E-state index contributed by atoms with van der Waals surface area (Å²) in [7, 11) is 0. The maximum atomic E-state index is 13.9. The fourth-order valence-electron chi connectivity index (χ4n) is 3.21. The first kappa shape index (κ1) is 21.8. The van der Waals surface area contributed by atoms with E-state index in [1.54, 1.807) is 12.1 Å². The summed E-state index contributed by atoms with van der Waals surface area (Å²) in [5, 5.41) is 4.39. The van der Waals surface area contributed by atoms with Crippen molar-refractivity contribution < 1.29 is 18.7 Å². The third-order valence-corrected chi connectivity index (χ3v) is 6.13. The van der Waals surface area contributed by atoms with Gasteiger partial charge in [-0.3, -0.25) is 19.6 Å². The predicted octanol–water partition coefficient (Wildman–Crippen LogP) is 4.65. The minimum absolute atomic E-state index is 0.0401. The lowest BCUT2D eigenvalue weighted by molar-refractivity contribution is -0.136. The topological polar surface area (TPSA) is 67.4 Å². The van der Waals surface area contributed by atoms with E-state index >= 15 is 0 Å². The van der Waals surface area contributed by atoms with Crippen molar-refractivity contribution in [3.63, 3.8) is 0 Å². The van der Waals surface area contributed by atoms with Crippen LogP contribution in [0.5, 0.6) is 5.75 Å². The zero-order valence-corrected chi connectivity index (χ0v) is 17.6. The molecule has 1 saturated heterocycles. The smallest absolute Gasteiger partial charge is 0.229 e. The molecule has 1 saturated carbocycles. The van der Waals surface area contributed by atoms with E-state index in [1.807, 2.05) is 12.3 Å². The summed E-state index contributed by atoms with van der Waals surface area (Å²) >= 11 is 1.49. The Morgan fingerprint density at radius 2 is 2.17 bits per heavy atom. The lowest BCUT2D eigenvalue weighted by Gasteiger charge is -2.20. The van der Waals surface area contributed by atoms with Gasteiger partial charge in [0, 0.05) is 18.4 Å². The summed E-state index contributed by atoms with van der Waals surface area (Å²) in [6.45, 7) is 2.63. The Balaban J connectivity index is 1.33. The maximum absolute atomic E-state index is 13.9. The average molecular weight is 421 g/mol. The minimum Gasteiger partial charge on any atom is -0.490 e. The van der Waals surface area contributed by atoms with Gasteiger partial charge < -0.3 is 4.74 Å². The lowest BCUT2D eigenvalue weighted by Crippen LogP contribution is -2.40. The fourth-order valence-corrected chi connectivity index (χ4v) is 3.86. The summed E-state index contributed by atoms with van der Waals surface area (Å²) < 4.78 is 22.8. The number of hydrogen-bond donors (Lipinski definition) is 2. The van der Waals surface area contributed by atoms with Gasteiger partial charge in [-0.15, -0.1) is 0 Å². The SMILES string of the molecule is CC(NS/C=C/CCCC1CCC(=O)NC1=O)c1ccc(F)c(OCC2CC2)c1. The molecular formula is C22H29FN2O3S. The van der Waals surface area contributed by atoms with Crippen LogP contribution in [0.3, 0.4) is 0 Å². The molecule has 2 aliphatic rings. The highest BCUT2D eigenvalue weighted by molar-refractivity contribution is 8.00. The van der Waals surface area contributed by atoms with Gasteiger partial charge in [-0.05, 0) is 74.5 Å². The molecule has 2 fully saturated rings. The molecule has 158 valence electrons. The standard InChI is InChI=1S/C22H29FN2O3S/c1-15(18-8-10-19(23)20(13-18)28-14-16-6-7-16)25-29-12-4-2-3-5-17-9-11-21(26)24-22(17)27/h4,8,10,12-13,15-17,25H,2-3,5-7,9,11,14H2,1H3,(H,24,26,27)/b12-4+. The Labute approximate surface area is 176 Å². The Hall–Kier alpha value is -1.86. The Morgan fingerprint density at radius 1 is 1.34 bits per heavy atom. The van der Waals surface area contributed by atoms with Crippen molar-refractivity contribution in [3.05, 3.63) is 41.1 Å². The molecule has 3 rings (SSSR count). The van der Waals surface area contributed by atoms with Gasteiger partial charge in [0.15, 0.2) is 11.6 Å². The molecule has 1 aromatic carbocycles. The summed E-state index contributed by atoms with van der Waals surface area (Å²) in [5.74, 6) is 0.272. The van der Waals surface area contributed by atoms with E-state index in [9.17, 15) is 14.0 Å². The molecule has 2 amide bonds. The number of carbonyl (C=O) groups is 2. The molecular weight excluding hydrogens is 391 g/mol. The largest absolute Gasteiger partial charge is 0.490 e. The highest BCUT2D eigenvalue weighted by atomic mass is 32.2. The second-order valence-electron chi connectivity index (χ2n) is 7.85. The van der Waals surface area contributed by atoms with E-state index in [1.165, 1.54) is 30.9 Å². The number of nitrogens with one attached hydrogen (secondary N) is 2. The Bertz CT molecular complexity index is 752. The molecule has 5 nitrogen and oxygen atoms in total. The zero-order valence-electron chi connectivity index (χ0n) is 16.8. The van der Waals surface area contributed by atoms with Crippen molar-refractivity contribution in [2.24, 2.45) is 11.8 Å². The van der Waals surface area contributed by atoms with Crippen molar-refractivity contribution in [3.8, 4) is 5.75 Å². The van der Waals surface area contributed by atoms with E-state index in [0.29, 0.717) is 31.1 Å². The first-order valence-corrected chi connectivity index (χ1v) is 11.2. The molecule has 1 aliphatic heterocycles. The van der Waals surface area contributed by atoms with Gasteiger partial charge in [-0.2, -0.15) is 0 Å². The number of amides is 2. The molecule has 0 spiro atoms. The number of hydrogen-bond acceptors (Lipinski definition) is 5. The van der Waals surface area contributed by atoms with Crippen molar-refractivity contribution in [1.29, 1.82) is 0 Å². The quantitative estimate of drug-likeness (QED) is 0.310. The van der Waals surface area contributed by atoms with Crippen LogP contribution >= 0.6 is 11.9 Å². The van der Waals surface area contributed by atoms with E-state index in [-0.39, 0.29) is 29.6 Å². The van der Waals surface area contributed by atoms with Crippen LogP contribution in [-0.4, -0.2) is 18.4 Å². The third-order valence-electron chi connectivity index (χ3n) is 5.31. The number of allylic oxidation sites excluding steroid dienone is 1. The van der Waals surface area contributed by atoms with Gasteiger partial charge in [-0.1, -0.05) is 24.1 Å². The molecule has 2 N–H and O–H groups in total. The third kappa shape index (κ3) is 7.16. The zero-order chi connectivity index (χ0) is 20.6. The van der Waals surface area contributed by atoms with E-state index < -0.39 is 0 Å². The van der Waals surface area contributed by atoms with Gasteiger partial charge >= 0.3 is 0 Å². The molecule has 0 radical (unpaired) electrons. The average Bonchev–Trinajstić information content (AvgIpc) is 3.52. The highest BCUT2D eigenvalue weighted by Crippen LogP contribution is 2.31. The van der Waals surface area contributed by atoms with Gasteiger partial charge in [0.1, 0.15) is 0 Å². The molecule has 29 heavy (non-hydrogen) atoms. The summed E-state index contributed by atoms with van der Waals surface area (Å²) in [5.41, 5.74) is 0.982. The molecule has 2 unspecified atom stereocenters. The molecule has 2 atom stereocenters. The van der Waals surface area contributed by atoms with Crippen molar-refractivity contribution in [1.82, 2.24) is 10.0 Å². The highest BCUT2D eigenvalue weighted by Gasteiger charge is 2.25. The Kier molecular flexibility index (Phi) is 8.12. The van der Waals surface area contributed by atoms with Crippen molar-refractivity contribution in [2.75, 3.05) is 6.61 Å². The van der Waals surface area contributed by atoms with E-state index in [2.05, 4.69) is 16.1 Å². The second-order valence-corrected chi connectivity index (χ2v) is 8.60. The van der Waals surface area contributed by atoms with Crippen molar-refractivity contribution >= 4 is 23.8 Å². The number of ether oxygens (including phenoxy) is 1. The maximum Gasteiger partial charge on any atom is 0.229 e. The molecule has 7 heteroatoms. The van der Waals surface area contributed by atoms with E-state index in [0.717, 1.165) is 24.8 Å². The molecule has 0 aromatic heterocycles. The first-order chi connectivity index (χ1) is 14.0. The van der Waals surface area contributed by atoms with Crippen LogP contribution in [0.2, 0.25) is 0 Å². The number of imide groups is 1. The fraction of sp³-hybridized carbons (Fsp3) is 0.545. The normalized spacial score (nSPS) is 20.7. The summed E-state index contributed by atoms with van der Waals surface area (Å²) in [6, 6.07) is 5.07. The number of halogens is 1. The first-order valence-electron chi connectivity index (χ1n) is 10.3. The predicted molar refractivity (Wildman–Crippen MR) is 113 cm³/mol. The van der Waals surface area contributed by atoms with Crippen LogP contribution in [0.25, 0.3) is 0 Å². The number of benzene rings is 1. The number of piperidine rings is 1. The molecule has 1 aliphatic carbocycles. The minimum atomic E-state index is -0.315. The van der Waals surface area contributed by atoms with Crippen LogP contribution in [0.1, 0.15) is 63.5 Å². The van der Waals surface area contributed by atoms with Gasteiger partial charge in [0.05, 0.1) is 6.61 Å². The molecule has 1 heterocycles. The van der Waals surface area contributed by atoms with Crippen LogP contribution in [0, 0.1) is 17.7 Å². The van der Waals surface area contributed by atoms with Crippen LogP contribution in [0.15, 0.2) is 29.7 Å². The van der Waals surface area contributed by atoms with Crippen LogP contribution in [-0.2, 0) is 9.59 Å². The van der Waals surface area contributed by atoms with Gasteiger partial charge in [0.2, 0.25) is 11.8 Å². The van der Waals surface area contributed by atoms with Crippen molar-refractivity contribution in [2.45, 2.75) is 57.9 Å².